The number of hydrogen-bond acceptors (Lipinski definition) is 3. The van der Waals surface area contributed by atoms with E-state index in [1.807, 2.05) is 49.6 Å². The molecule has 3 heteroatoms. The van der Waals surface area contributed by atoms with Crippen LogP contribution in [0, 0.1) is 0 Å². The molecule has 0 fully saturated rings. The zero-order chi connectivity index (χ0) is 12.3. The van der Waals surface area contributed by atoms with Gasteiger partial charge in [0.2, 0.25) is 0 Å². The Balaban J connectivity index is 2.31. The molecule has 1 atom stereocenters. The highest BCUT2D eigenvalue weighted by molar-refractivity contribution is 7.10. The number of benzene rings is 1. The lowest BCUT2D eigenvalue weighted by molar-refractivity contribution is 0.239. The van der Waals surface area contributed by atoms with Gasteiger partial charge < -0.3 is 10.5 Å². The average Bonchev–Trinajstić information content (AvgIpc) is 2.81. The molecule has 1 heterocycles. The van der Waals surface area contributed by atoms with Crippen LogP contribution in [-0.4, -0.2) is 6.10 Å². The maximum Gasteiger partial charge on any atom is 0.124 e. The van der Waals surface area contributed by atoms with Crippen molar-refractivity contribution in [2.75, 3.05) is 0 Å². The van der Waals surface area contributed by atoms with E-state index in [-0.39, 0.29) is 12.1 Å². The molecule has 0 aliphatic carbocycles. The second-order valence-electron chi connectivity index (χ2n) is 4.20. The summed E-state index contributed by atoms with van der Waals surface area (Å²) < 4.78 is 5.79. The van der Waals surface area contributed by atoms with E-state index >= 15 is 0 Å². The third kappa shape index (κ3) is 2.87. The molecule has 0 saturated heterocycles. The lowest BCUT2D eigenvalue weighted by Gasteiger charge is -2.17. The molecule has 90 valence electrons. The summed E-state index contributed by atoms with van der Waals surface area (Å²) in [6.07, 6.45) is 0.159. The summed E-state index contributed by atoms with van der Waals surface area (Å²) in [5.41, 5.74) is 7.31. The number of ether oxygens (including phenoxy) is 1. The first kappa shape index (κ1) is 12.1. The van der Waals surface area contributed by atoms with Crippen LogP contribution in [0.1, 0.15) is 30.3 Å². The topological polar surface area (TPSA) is 35.2 Å². The van der Waals surface area contributed by atoms with Crippen LogP contribution in [0.25, 0.3) is 0 Å². The molecule has 0 saturated carbocycles. The Hall–Kier alpha value is -1.32. The highest BCUT2D eigenvalue weighted by atomic mass is 32.1. The van der Waals surface area contributed by atoms with Gasteiger partial charge in [-0.1, -0.05) is 24.3 Å². The molecule has 0 aliphatic heterocycles. The van der Waals surface area contributed by atoms with Gasteiger partial charge in [0.1, 0.15) is 5.75 Å². The second kappa shape index (κ2) is 5.34. The number of thiophene rings is 1. The van der Waals surface area contributed by atoms with Crippen molar-refractivity contribution in [3.05, 3.63) is 52.2 Å². The van der Waals surface area contributed by atoms with Crippen molar-refractivity contribution in [3.8, 4) is 5.75 Å². The molecule has 1 aromatic heterocycles. The predicted molar refractivity (Wildman–Crippen MR) is 72.6 cm³/mol. The third-order valence-electron chi connectivity index (χ3n) is 2.47. The van der Waals surface area contributed by atoms with Crippen molar-refractivity contribution in [1.82, 2.24) is 0 Å². The Kier molecular flexibility index (Phi) is 3.82. The molecular formula is C14H17NOS. The minimum atomic E-state index is -0.107. The quantitative estimate of drug-likeness (QED) is 0.896. The smallest absolute Gasteiger partial charge is 0.124 e. The van der Waals surface area contributed by atoms with E-state index in [2.05, 4.69) is 6.07 Å². The first-order valence-electron chi connectivity index (χ1n) is 5.73. The predicted octanol–water partition coefficient (Wildman–Crippen LogP) is 3.58. The Morgan fingerprint density at radius 1 is 1.12 bits per heavy atom. The summed E-state index contributed by atoms with van der Waals surface area (Å²) in [5, 5.41) is 2.04. The van der Waals surface area contributed by atoms with Gasteiger partial charge in [0, 0.05) is 10.4 Å². The van der Waals surface area contributed by atoms with E-state index < -0.39 is 0 Å². The van der Waals surface area contributed by atoms with Crippen molar-refractivity contribution in [1.29, 1.82) is 0 Å². The normalized spacial score (nSPS) is 12.7. The van der Waals surface area contributed by atoms with Crippen LogP contribution in [0.4, 0.5) is 0 Å². The summed E-state index contributed by atoms with van der Waals surface area (Å²) in [7, 11) is 0. The van der Waals surface area contributed by atoms with Gasteiger partial charge in [-0.3, -0.25) is 0 Å². The van der Waals surface area contributed by atoms with Crippen molar-refractivity contribution >= 4 is 11.3 Å². The van der Waals surface area contributed by atoms with Crippen LogP contribution in [-0.2, 0) is 0 Å². The van der Waals surface area contributed by atoms with E-state index in [0.29, 0.717) is 0 Å². The monoisotopic (exact) mass is 247 g/mol. The number of para-hydroxylation sites is 1. The lowest BCUT2D eigenvalue weighted by Crippen LogP contribution is -2.14. The Bertz CT molecular complexity index is 465. The molecule has 0 spiro atoms. The highest BCUT2D eigenvalue weighted by Crippen LogP contribution is 2.30. The van der Waals surface area contributed by atoms with Crippen LogP contribution in [0.2, 0.25) is 0 Å². The van der Waals surface area contributed by atoms with E-state index in [9.17, 15) is 0 Å². The summed E-state index contributed by atoms with van der Waals surface area (Å²) in [6, 6.07) is 11.9. The van der Waals surface area contributed by atoms with Crippen LogP contribution < -0.4 is 10.5 Å². The van der Waals surface area contributed by atoms with E-state index in [1.165, 1.54) is 0 Å². The van der Waals surface area contributed by atoms with Gasteiger partial charge in [-0.05, 0) is 31.4 Å². The second-order valence-corrected chi connectivity index (χ2v) is 5.18. The minimum Gasteiger partial charge on any atom is -0.491 e. The lowest BCUT2D eigenvalue weighted by atomic mass is 10.1. The molecule has 0 amide bonds. The van der Waals surface area contributed by atoms with Gasteiger partial charge in [0.05, 0.1) is 12.1 Å². The summed E-state index contributed by atoms with van der Waals surface area (Å²) in [6.45, 7) is 4.04. The van der Waals surface area contributed by atoms with Crippen molar-refractivity contribution < 1.29 is 4.74 Å². The van der Waals surface area contributed by atoms with Crippen LogP contribution >= 0.6 is 11.3 Å². The number of hydrogen-bond donors (Lipinski definition) is 1. The first-order valence-corrected chi connectivity index (χ1v) is 6.61. The molecule has 0 aliphatic rings. The van der Waals surface area contributed by atoms with Crippen molar-refractivity contribution in [2.24, 2.45) is 5.73 Å². The zero-order valence-electron chi connectivity index (χ0n) is 10.1. The molecule has 0 unspecified atom stereocenters. The Labute approximate surface area is 106 Å². The Morgan fingerprint density at radius 2 is 1.88 bits per heavy atom. The summed E-state index contributed by atoms with van der Waals surface area (Å²) in [4.78, 5) is 1.16. The van der Waals surface area contributed by atoms with Crippen LogP contribution in [0.5, 0.6) is 5.75 Å². The molecule has 2 N–H and O–H groups in total. The fourth-order valence-corrected chi connectivity index (χ4v) is 2.47. The fourth-order valence-electron chi connectivity index (χ4n) is 1.72. The maximum atomic E-state index is 6.27. The van der Waals surface area contributed by atoms with Gasteiger partial charge in [0.25, 0.3) is 0 Å². The van der Waals surface area contributed by atoms with E-state index in [4.69, 9.17) is 10.5 Å². The van der Waals surface area contributed by atoms with Gasteiger partial charge in [0.15, 0.2) is 0 Å². The van der Waals surface area contributed by atoms with Crippen molar-refractivity contribution in [3.63, 3.8) is 0 Å². The summed E-state index contributed by atoms with van der Waals surface area (Å²) >= 11 is 1.67. The van der Waals surface area contributed by atoms with Crippen molar-refractivity contribution in [2.45, 2.75) is 26.0 Å². The third-order valence-corrected chi connectivity index (χ3v) is 3.42. The fraction of sp³-hybridized carbons (Fsp3) is 0.286. The molecule has 0 bridgehead atoms. The van der Waals surface area contributed by atoms with Crippen LogP contribution in [0.3, 0.4) is 0 Å². The standard InChI is InChI=1S/C14H17NOS/c1-10(2)16-12-7-4-3-6-11(12)14(15)13-8-5-9-17-13/h3-10,14H,15H2,1-2H3/t14-/m1/s1. The van der Waals surface area contributed by atoms with E-state index in [1.54, 1.807) is 11.3 Å². The van der Waals surface area contributed by atoms with Gasteiger partial charge >= 0.3 is 0 Å². The molecule has 1 aromatic carbocycles. The SMILES string of the molecule is CC(C)Oc1ccccc1[C@@H](N)c1cccs1. The van der Waals surface area contributed by atoms with Gasteiger partial charge in [-0.2, -0.15) is 0 Å². The van der Waals surface area contributed by atoms with E-state index in [0.717, 1.165) is 16.2 Å². The average molecular weight is 247 g/mol. The maximum absolute atomic E-state index is 6.27. The largest absolute Gasteiger partial charge is 0.491 e. The first-order chi connectivity index (χ1) is 8.18. The minimum absolute atomic E-state index is 0.107. The molecule has 0 radical (unpaired) electrons. The highest BCUT2D eigenvalue weighted by Gasteiger charge is 2.15. The Morgan fingerprint density at radius 3 is 2.53 bits per heavy atom. The number of nitrogens with two attached hydrogens (primary N) is 1. The number of rotatable bonds is 4. The van der Waals surface area contributed by atoms with Crippen LogP contribution in [0.15, 0.2) is 41.8 Å². The molecular weight excluding hydrogens is 230 g/mol. The molecule has 2 rings (SSSR count). The summed E-state index contributed by atoms with van der Waals surface area (Å²) in [5.74, 6) is 0.878. The van der Waals surface area contributed by atoms with Gasteiger partial charge in [-0.15, -0.1) is 11.3 Å². The molecule has 2 nitrogen and oxygen atoms in total. The molecule has 2 aromatic rings. The molecule has 17 heavy (non-hydrogen) atoms. The van der Waals surface area contributed by atoms with Gasteiger partial charge in [-0.25, -0.2) is 0 Å². The zero-order valence-corrected chi connectivity index (χ0v) is 10.9.